The maximum atomic E-state index is 13.1. The molecule has 0 aliphatic heterocycles. The van der Waals surface area contributed by atoms with Gasteiger partial charge < -0.3 is 4.74 Å². The number of Topliss-reactive ketones (excluding diaryl/α,β-unsaturated/α-hetero) is 1. The van der Waals surface area contributed by atoms with E-state index in [0.717, 1.165) is 12.0 Å². The molecule has 0 amide bonds. The van der Waals surface area contributed by atoms with Gasteiger partial charge in [-0.05, 0) is 37.0 Å². The minimum Gasteiger partial charge on any atom is -0.456 e. The van der Waals surface area contributed by atoms with Crippen molar-refractivity contribution in [2.75, 3.05) is 0 Å². The molecule has 1 atom stereocenters. The van der Waals surface area contributed by atoms with Crippen LogP contribution in [0.25, 0.3) is 0 Å². The van der Waals surface area contributed by atoms with E-state index in [9.17, 15) is 14.0 Å². The van der Waals surface area contributed by atoms with Crippen LogP contribution < -0.4 is 0 Å². The van der Waals surface area contributed by atoms with Crippen molar-refractivity contribution in [1.82, 2.24) is 0 Å². The summed E-state index contributed by atoms with van der Waals surface area (Å²) in [6.07, 6.45) is 1.19. The van der Waals surface area contributed by atoms with Gasteiger partial charge >= 0.3 is 0 Å². The summed E-state index contributed by atoms with van der Waals surface area (Å²) in [5.41, 5.74) is 1.16. The highest BCUT2D eigenvalue weighted by Gasteiger charge is 2.26. The third-order valence-electron chi connectivity index (χ3n) is 2.76. The van der Waals surface area contributed by atoms with Crippen molar-refractivity contribution in [3.63, 3.8) is 0 Å². The Kier molecular flexibility index (Phi) is 2.99. The third kappa shape index (κ3) is 1.96. The molecule has 0 aromatic heterocycles. The highest BCUT2D eigenvalue weighted by atomic mass is 19.1. The zero-order valence-electron chi connectivity index (χ0n) is 8.61. The van der Waals surface area contributed by atoms with Crippen LogP contribution >= 0.6 is 0 Å². The van der Waals surface area contributed by atoms with Crippen LogP contribution in [-0.4, -0.2) is 18.4 Å². The molecule has 1 aromatic rings. The van der Waals surface area contributed by atoms with Gasteiger partial charge in [-0.25, -0.2) is 4.39 Å². The van der Waals surface area contributed by atoms with Crippen molar-refractivity contribution in [1.29, 1.82) is 0 Å². The van der Waals surface area contributed by atoms with Gasteiger partial charge in [0, 0.05) is 5.56 Å². The Hall–Kier alpha value is -1.71. The van der Waals surface area contributed by atoms with Gasteiger partial charge in [0.1, 0.15) is 5.82 Å². The van der Waals surface area contributed by atoms with E-state index in [1.165, 1.54) is 12.1 Å². The van der Waals surface area contributed by atoms with Gasteiger partial charge in [0.15, 0.2) is 6.10 Å². The molecule has 1 unspecified atom stereocenters. The summed E-state index contributed by atoms with van der Waals surface area (Å²) < 4.78 is 17.8. The summed E-state index contributed by atoms with van der Waals surface area (Å²) in [5, 5.41) is 0. The molecule has 0 fully saturated rings. The normalized spacial score (nSPS) is 19.8. The number of aryl methyl sites for hydroxylation is 1. The fourth-order valence-corrected chi connectivity index (χ4v) is 1.98. The van der Waals surface area contributed by atoms with Gasteiger partial charge in [-0.1, -0.05) is 6.07 Å². The Balaban J connectivity index is 2.39. The van der Waals surface area contributed by atoms with Crippen molar-refractivity contribution in [2.24, 2.45) is 0 Å². The van der Waals surface area contributed by atoms with Crippen LogP contribution in [0.15, 0.2) is 18.2 Å². The Labute approximate surface area is 92.2 Å². The van der Waals surface area contributed by atoms with Crippen LogP contribution in [0.1, 0.15) is 28.8 Å². The van der Waals surface area contributed by atoms with Crippen molar-refractivity contribution < 1.29 is 18.7 Å². The van der Waals surface area contributed by atoms with Gasteiger partial charge in [0.25, 0.3) is 6.47 Å². The first-order valence-electron chi connectivity index (χ1n) is 5.14. The van der Waals surface area contributed by atoms with Crippen LogP contribution in [0.4, 0.5) is 4.39 Å². The van der Waals surface area contributed by atoms with E-state index in [0.29, 0.717) is 18.4 Å². The molecule has 0 radical (unpaired) electrons. The largest absolute Gasteiger partial charge is 0.456 e. The zero-order chi connectivity index (χ0) is 11.5. The van der Waals surface area contributed by atoms with Crippen molar-refractivity contribution in [3.05, 3.63) is 35.1 Å². The lowest BCUT2D eigenvalue weighted by atomic mass is 10.0. The molecule has 3 nitrogen and oxygen atoms in total. The standard InChI is InChI=1S/C12H11FO3/c13-9-5-4-8-2-1-3-11(16-7-14)12(15)10(8)6-9/h4-7,11H,1-3H2. The molecule has 1 aromatic carbocycles. The number of hydrogen-bond donors (Lipinski definition) is 0. The van der Waals surface area contributed by atoms with Crippen molar-refractivity contribution in [2.45, 2.75) is 25.4 Å². The molecule has 0 bridgehead atoms. The first kappa shape index (κ1) is 10.8. The second-order valence-electron chi connectivity index (χ2n) is 3.78. The molecule has 2 rings (SSSR count). The smallest absolute Gasteiger partial charge is 0.293 e. The number of carbonyl (C=O) groups excluding carboxylic acids is 2. The molecule has 0 saturated carbocycles. The molecular weight excluding hydrogens is 211 g/mol. The van der Waals surface area contributed by atoms with E-state index in [-0.39, 0.29) is 12.3 Å². The van der Waals surface area contributed by atoms with E-state index in [1.807, 2.05) is 0 Å². The Morgan fingerprint density at radius 1 is 1.44 bits per heavy atom. The molecule has 16 heavy (non-hydrogen) atoms. The van der Waals surface area contributed by atoms with E-state index in [4.69, 9.17) is 4.74 Å². The maximum absolute atomic E-state index is 13.1. The minimum atomic E-state index is -0.763. The van der Waals surface area contributed by atoms with Gasteiger partial charge in [-0.3, -0.25) is 9.59 Å². The summed E-state index contributed by atoms with van der Waals surface area (Å²) >= 11 is 0. The van der Waals surface area contributed by atoms with Crippen LogP contribution in [0, 0.1) is 5.82 Å². The number of rotatable bonds is 2. The van der Waals surface area contributed by atoms with Gasteiger partial charge in [0.05, 0.1) is 0 Å². The number of halogens is 1. The number of benzene rings is 1. The average molecular weight is 222 g/mol. The molecule has 0 N–H and O–H groups in total. The van der Waals surface area contributed by atoms with Crippen LogP contribution in [0.2, 0.25) is 0 Å². The van der Waals surface area contributed by atoms with E-state index < -0.39 is 11.9 Å². The monoisotopic (exact) mass is 222 g/mol. The summed E-state index contributed by atoms with van der Waals surface area (Å²) in [6.45, 7) is 0.271. The number of ether oxygens (including phenoxy) is 1. The SMILES string of the molecule is O=COC1CCCc2ccc(F)cc2C1=O. The quantitative estimate of drug-likeness (QED) is 0.567. The number of carbonyl (C=O) groups is 2. The highest BCUT2D eigenvalue weighted by molar-refractivity contribution is 6.01. The maximum Gasteiger partial charge on any atom is 0.293 e. The Bertz CT molecular complexity index is 428. The van der Waals surface area contributed by atoms with Crippen LogP contribution in [-0.2, 0) is 16.0 Å². The molecule has 1 aliphatic carbocycles. The van der Waals surface area contributed by atoms with Crippen molar-refractivity contribution in [3.8, 4) is 0 Å². The molecular formula is C12H11FO3. The Morgan fingerprint density at radius 3 is 3.00 bits per heavy atom. The van der Waals surface area contributed by atoms with Gasteiger partial charge in [-0.15, -0.1) is 0 Å². The van der Waals surface area contributed by atoms with E-state index in [1.54, 1.807) is 6.07 Å². The summed E-state index contributed by atoms with van der Waals surface area (Å²) in [4.78, 5) is 22.2. The topological polar surface area (TPSA) is 43.4 Å². The Morgan fingerprint density at radius 2 is 2.25 bits per heavy atom. The van der Waals surface area contributed by atoms with E-state index in [2.05, 4.69) is 0 Å². The highest BCUT2D eigenvalue weighted by Crippen LogP contribution is 2.23. The molecule has 0 heterocycles. The van der Waals surface area contributed by atoms with Crippen LogP contribution in [0.5, 0.6) is 0 Å². The van der Waals surface area contributed by atoms with Gasteiger partial charge in [-0.2, -0.15) is 0 Å². The molecule has 84 valence electrons. The van der Waals surface area contributed by atoms with Gasteiger partial charge in [0.2, 0.25) is 5.78 Å². The first-order chi connectivity index (χ1) is 7.72. The fourth-order valence-electron chi connectivity index (χ4n) is 1.98. The first-order valence-corrected chi connectivity index (χ1v) is 5.14. The van der Waals surface area contributed by atoms with Crippen molar-refractivity contribution >= 4 is 12.3 Å². The predicted molar refractivity (Wildman–Crippen MR) is 54.6 cm³/mol. The van der Waals surface area contributed by atoms with E-state index >= 15 is 0 Å². The average Bonchev–Trinajstić information content (AvgIpc) is 2.42. The van der Waals surface area contributed by atoms with Crippen LogP contribution in [0.3, 0.4) is 0 Å². The molecule has 0 spiro atoms. The lowest BCUT2D eigenvalue weighted by molar-refractivity contribution is -0.131. The molecule has 1 aliphatic rings. The minimum absolute atomic E-state index is 0.271. The lowest BCUT2D eigenvalue weighted by Gasteiger charge is -2.11. The number of ketones is 1. The predicted octanol–water partition coefficient (Wildman–Crippen LogP) is 1.89. The molecule has 4 heteroatoms. The third-order valence-corrected chi connectivity index (χ3v) is 2.76. The summed E-state index contributed by atoms with van der Waals surface area (Å²) in [6, 6.07) is 4.17. The number of hydrogen-bond acceptors (Lipinski definition) is 3. The second-order valence-corrected chi connectivity index (χ2v) is 3.78. The number of fused-ring (bicyclic) bond motifs is 1. The summed E-state index contributed by atoms with van der Waals surface area (Å²) in [5.74, 6) is -0.752. The molecule has 0 saturated heterocycles. The zero-order valence-corrected chi connectivity index (χ0v) is 8.61. The fraction of sp³-hybridized carbons (Fsp3) is 0.333. The second kappa shape index (κ2) is 4.43. The summed E-state index contributed by atoms with van der Waals surface area (Å²) in [7, 11) is 0. The lowest BCUT2D eigenvalue weighted by Crippen LogP contribution is -2.23.